The molecule has 1 aromatic carbocycles. The zero-order valence-corrected chi connectivity index (χ0v) is 12.1. The Morgan fingerprint density at radius 2 is 2.35 bits per heavy atom. The molecule has 0 saturated carbocycles. The average molecular weight is 311 g/mol. The third kappa shape index (κ3) is 2.26. The van der Waals surface area contributed by atoms with E-state index in [1.165, 1.54) is 16.1 Å². The lowest BCUT2D eigenvalue weighted by Gasteiger charge is -2.27. The number of nitrogens with one attached hydrogen (secondary N) is 1. The SMILES string of the molecule is CC1CNCCC1c1nc2ccc(Br)cc2s1. The first kappa shape index (κ1) is 11.6. The summed E-state index contributed by atoms with van der Waals surface area (Å²) >= 11 is 5.37. The number of aromatic nitrogens is 1. The third-order valence-corrected chi connectivity index (χ3v) is 5.11. The maximum absolute atomic E-state index is 4.80. The first-order chi connectivity index (χ1) is 8.24. The third-order valence-electron chi connectivity index (χ3n) is 3.47. The molecule has 0 bridgehead atoms. The van der Waals surface area contributed by atoms with Crippen molar-refractivity contribution in [1.29, 1.82) is 0 Å². The van der Waals surface area contributed by atoms with Crippen LogP contribution in [0.2, 0.25) is 0 Å². The van der Waals surface area contributed by atoms with Crippen LogP contribution in [0.25, 0.3) is 10.2 Å². The Balaban J connectivity index is 1.99. The topological polar surface area (TPSA) is 24.9 Å². The van der Waals surface area contributed by atoms with Gasteiger partial charge in [-0.2, -0.15) is 0 Å². The van der Waals surface area contributed by atoms with E-state index in [-0.39, 0.29) is 0 Å². The number of hydrogen-bond acceptors (Lipinski definition) is 3. The van der Waals surface area contributed by atoms with Crippen LogP contribution in [-0.4, -0.2) is 18.1 Å². The van der Waals surface area contributed by atoms with Crippen LogP contribution in [-0.2, 0) is 0 Å². The maximum atomic E-state index is 4.80. The van der Waals surface area contributed by atoms with Gasteiger partial charge < -0.3 is 5.32 Å². The van der Waals surface area contributed by atoms with Crippen LogP contribution in [0.3, 0.4) is 0 Å². The molecule has 1 fully saturated rings. The number of fused-ring (bicyclic) bond motifs is 1. The van der Waals surface area contributed by atoms with Gasteiger partial charge in [-0.15, -0.1) is 11.3 Å². The zero-order valence-electron chi connectivity index (χ0n) is 9.74. The molecule has 4 heteroatoms. The molecule has 0 amide bonds. The number of rotatable bonds is 1. The minimum Gasteiger partial charge on any atom is -0.316 e. The van der Waals surface area contributed by atoms with Crippen LogP contribution in [0.1, 0.15) is 24.3 Å². The van der Waals surface area contributed by atoms with Gasteiger partial charge in [-0.05, 0) is 43.6 Å². The summed E-state index contributed by atoms with van der Waals surface area (Å²) in [5, 5.41) is 4.76. The van der Waals surface area contributed by atoms with Gasteiger partial charge in [0.1, 0.15) is 0 Å². The van der Waals surface area contributed by atoms with Crippen molar-refractivity contribution in [2.45, 2.75) is 19.3 Å². The van der Waals surface area contributed by atoms with Crippen molar-refractivity contribution in [3.8, 4) is 0 Å². The Kier molecular flexibility index (Phi) is 3.19. The minimum absolute atomic E-state index is 0.632. The van der Waals surface area contributed by atoms with Crippen molar-refractivity contribution in [3.63, 3.8) is 0 Å². The van der Waals surface area contributed by atoms with Gasteiger partial charge in [0.25, 0.3) is 0 Å². The van der Waals surface area contributed by atoms with Crippen LogP contribution < -0.4 is 5.32 Å². The Hall–Kier alpha value is -0.450. The van der Waals surface area contributed by atoms with E-state index in [9.17, 15) is 0 Å². The molecule has 1 aliphatic rings. The Morgan fingerprint density at radius 1 is 1.47 bits per heavy atom. The second-order valence-corrected chi connectivity index (χ2v) is 6.72. The Bertz CT molecular complexity index is 537. The maximum Gasteiger partial charge on any atom is 0.0973 e. The van der Waals surface area contributed by atoms with Crippen molar-refractivity contribution in [2.24, 2.45) is 5.92 Å². The molecule has 90 valence electrons. The van der Waals surface area contributed by atoms with Crippen molar-refractivity contribution in [3.05, 3.63) is 27.7 Å². The second kappa shape index (κ2) is 4.67. The lowest BCUT2D eigenvalue weighted by Crippen LogP contribution is -2.33. The predicted octanol–water partition coefficient (Wildman–Crippen LogP) is 3.77. The summed E-state index contributed by atoms with van der Waals surface area (Å²) in [7, 11) is 0. The van der Waals surface area contributed by atoms with E-state index in [1.807, 2.05) is 11.3 Å². The highest BCUT2D eigenvalue weighted by Crippen LogP contribution is 2.35. The number of benzene rings is 1. The molecule has 0 aliphatic carbocycles. The van der Waals surface area contributed by atoms with Gasteiger partial charge in [-0.1, -0.05) is 22.9 Å². The van der Waals surface area contributed by atoms with Gasteiger partial charge in [-0.3, -0.25) is 0 Å². The number of nitrogens with zero attached hydrogens (tertiary/aromatic N) is 1. The molecule has 1 aromatic heterocycles. The fourth-order valence-electron chi connectivity index (χ4n) is 2.46. The molecular weight excluding hydrogens is 296 g/mol. The Labute approximate surface area is 114 Å². The van der Waals surface area contributed by atoms with Gasteiger partial charge in [0, 0.05) is 10.4 Å². The van der Waals surface area contributed by atoms with Crippen LogP contribution in [0.15, 0.2) is 22.7 Å². The molecule has 2 nitrogen and oxygen atoms in total. The summed E-state index contributed by atoms with van der Waals surface area (Å²) in [6, 6.07) is 6.34. The van der Waals surface area contributed by atoms with E-state index in [2.05, 4.69) is 46.4 Å². The summed E-state index contributed by atoms with van der Waals surface area (Å²) in [5.74, 6) is 1.32. The van der Waals surface area contributed by atoms with E-state index < -0.39 is 0 Å². The molecule has 0 radical (unpaired) electrons. The van der Waals surface area contributed by atoms with Gasteiger partial charge >= 0.3 is 0 Å². The van der Waals surface area contributed by atoms with E-state index in [4.69, 9.17) is 4.98 Å². The molecule has 2 aromatic rings. The smallest absolute Gasteiger partial charge is 0.0973 e. The van der Waals surface area contributed by atoms with Crippen LogP contribution in [0, 0.1) is 5.92 Å². The lowest BCUT2D eigenvalue weighted by atomic mass is 9.88. The summed E-state index contributed by atoms with van der Waals surface area (Å²) in [6.07, 6.45) is 1.21. The molecule has 2 atom stereocenters. The van der Waals surface area contributed by atoms with E-state index in [1.54, 1.807) is 0 Å². The molecule has 2 heterocycles. The van der Waals surface area contributed by atoms with Gasteiger partial charge in [0.2, 0.25) is 0 Å². The summed E-state index contributed by atoms with van der Waals surface area (Å²) in [6.45, 7) is 4.55. The molecular formula is C13H15BrN2S. The summed E-state index contributed by atoms with van der Waals surface area (Å²) < 4.78 is 2.43. The number of piperidine rings is 1. The summed E-state index contributed by atoms with van der Waals surface area (Å²) in [5.41, 5.74) is 1.14. The van der Waals surface area contributed by atoms with Crippen molar-refractivity contribution in [1.82, 2.24) is 10.3 Å². The zero-order chi connectivity index (χ0) is 11.8. The second-order valence-electron chi connectivity index (χ2n) is 4.74. The molecule has 1 aliphatic heterocycles. The van der Waals surface area contributed by atoms with Crippen molar-refractivity contribution in [2.75, 3.05) is 13.1 Å². The highest BCUT2D eigenvalue weighted by molar-refractivity contribution is 9.10. The number of thiazole rings is 1. The molecule has 3 rings (SSSR count). The fourth-order valence-corrected chi connectivity index (χ4v) is 4.24. The fraction of sp³-hybridized carbons (Fsp3) is 0.462. The largest absolute Gasteiger partial charge is 0.316 e. The van der Waals surface area contributed by atoms with Crippen molar-refractivity contribution < 1.29 is 0 Å². The normalized spacial score (nSPS) is 25.3. The quantitative estimate of drug-likeness (QED) is 0.867. The van der Waals surface area contributed by atoms with E-state index >= 15 is 0 Å². The molecule has 1 N–H and O–H groups in total. The molecule has 1 saturated heterocycles. The van der Waals surface area contributed by atoms with Gasteiger partial charge in [0.05, 0.1) is 15.2 Å². The van der Waals surface area contributed by atoms with Crippen LogP contribution in [0.4, 0.5) is 0 Å². The lowest BCUT2D eigenvalue weighted by molar-refractivity contribution is 0.349. The summed E-state index contributed by atoms with van der Waals surface area (Å²) in [4.78, 5) is 4.80. The van der Waals surface area contributed by atoms with Crippen LogP contribution in [0.5, 0.6) is 0 Å². The first-order valence-electron chi connectivity index (χ1n) is 6.01. The Morgan fingerprint density at radius 3 is 3.18 bits per heavy atom. The monoisotopic (exact) mass is 310 g/mol. The number of hydrogen-bond donors (Lipinski definition) is 1. The van der Waals surface area contributed by atoms with Crippen molar-refractivity contribution >= 4 is 37.5 Å². The highest BCUT2D eigenvalue weighted by atomic mass is 79.9. The minimum atomic E-state index is 0.632. The molecule has 2 unspecified atom stereocenters. The van der Waals surface area contributed by atoms with E-state index in [0.717, 1.165) is 23.1 Å². The first-order valence-corrected chi connectivity index (χ1v) is 7.61. The van der Waals surface area contributed by atoms with Crippen LogP contribution >= 0.6 is 27.3 Å². The van der Waals surface area contributed by atoms with Gasteiger partial charge in [-0.25, -0.2) is 4.98 Å². The molecule has 0 spiro atoms. The van der Waals surface area contributed by atoms with Gasteiger partial charge in [0.15, 0.2) is 0 Å². The standard InChI is InChI=1S/C13H15BrN2S/c1-8-7-15-5-4-10(8)13-16-11-3-2-9(14)6-12(11)17-13/h2-3,6,8,10,15H,4-5,7H2,1H3. The predicted molar refractivity (Wildman–Crippen MR) is 76.7 cm³/mol. The molecule has 17 heavy (non-hydrogen) atoms. The van der Waals surface area contributed by atoms with E-state index in [0.29, 0.717) is 11.8 Å². The number of halogens is 1. The highest BCUT2D eigenvalue weighted by Gasteiger charge is 2.25. The average Bonchev–Trinajstić information content (AvgIpc) is 2.72.